The molecule has 4 aliphatic heterocycles. The Bertz CT molecular complexity index is 1560. The van der Waals surface area contributed by atoms with Crippen molar-refractivity contribution in [2.75, 3.05) is 0 Å². The van der Waals surface area contributed by atoms with Crippen LogP contribution in [0.4, 0.5) is 114 Å². The minimum Gasteiger partial charge on any atom is -0.451 e. The zero-order chi connectivity index (χ0) is 42.2. The molecule has 0 saturated carbocycles. The molecule has 0 aliphatic carbocycles. The second-order valence-electron chi connectivity index (χ2n) is 11.2. The van der Waals surface area contributed by atoms with Crippen molar-refractivity contribution >= 4 is 0 Å². The minimum absolute atomic E-state index is 0.559. The maximum Gasteiger partial charge on any atom is 0.459 e. The van der Waals surface area contributed by atoms with E-state index >= 15 is 0 Å². The van der Waals surface area contributed by atoms with Gasteiger partial charge in [0.1, 0.15) is 11.5 Å². The van der Waals surface area contributed by atoms with Crippen molar-refractivity contribution in [3.8, 4) is 11.5 Å². The Balaban J connectivity index is 1.59. The van der Waals surface area contributed by atoms with Gasteiger partial charge in [-0.05, 0) is 24.3 Å². The Morgan fingerprint density at radius 3 is 0.685 bits per heavy atom. The smallest absolute Gasteiger partial charge is 0.451 e. The number of epoxide rings is 4. The monoisotopic (exact) mass is 858 g/mol. The first-order valence-electron chi connectivity index (χ1n) is 12.7. The van der Waals surface area contributed by atoms with E-state index in [1.807, 2.05) is 0 Å². The molecular formula is C22H4F26O6. The zero-order valence-corrected chi connectivity index (χ0v) is 23.6. The Hall–Kier alpha value is -3.16. The van der Waals surface area contributed by atoms with E-state index in [4.69, 9.17) is 0 Å². The van der Waals surface area contributed by atoms with Crippen LogP contribution in [-0.2, 0) is 18.9 Å². The second-order valence-corrected chi connectivity index (χ2v) is 11.2. The molecule has 4 saturated heterocycles. The number of halogens is 26. The molecule has 8 unspecified atom stereocenters. The van der Waals surface area contributed by atoms with Crippen molar-refractivity contribution in [1.29, 1.82) is 0 Å². The number of benzene rings is 1. The first-order valence-corrected chi connectivity index (χ1v) is 12.7. The van der Waals surface area contributed by atoms with Gasteiger partial charge < -0.3 is 28.4 Å². The molecule has 0 amide bonds. The summed E-state index contributed by atoms with van der Waals surface area (Å²) in [6, 6.07) is -2.24. The fourth-order valence-corrected chi connectivity index (χ4v) is 5.96. The van der Waals surface area contributed by atoms with Gasteiger partial charge in [-0.2, -0.15) is 114 Å². The largest absolute Gasteiger partial charge is 0.459 e. The molecule has 0 aromatic heterocycles. The Morgan fingerprint density at radius 2 is 0.537 bits per heavy atom. The van der Waals surface area contributed by atoms with Crippen LogP contribution in [0.1, 0.15) is 0 Å². The van der Waals surface area contributed by atoms with Gasteiger partial charge >= 0.3 is 72.7 Å². The van der Waals surface area contributed by atoms with Gasteiger partial charge in [0.25, 0.3) is 22.4 Å². The number of rotatable bonds is 6. The molecule has 0 N–H and O–H groups in total. The van der Waals surface area contributed by atoms with Gasteiger partial charge in [0.15, 0.2) is 0 Å². The van der Waals surface area contributed by atoms with Crippen LogP contribution in [0.3, 0.4) is 0 Å². The molecule has 5 rings (SSSR count). The summed E-state index contributed by atoms with van der Waals surface area (Å²) in [6.07, 6.45) is -58.5. The van der Waals surface area contributed by atoms with E-state index in [0.717, 1.165) is 0 Å². The third-order valence-corrected chi connectivity index (χ3v) is 8.26. The fraction of sp³-hybridized carbons (Fsp3) is 0.727. The lowest BCUT2D eigenvalue weighted by molar-refractivity contribution is -0.296. The summed E-state index contributed by atoms with van der Waals surface area (Å²) in [4.78, 5) is 0. The highest BCUT2D eigenvalue weighted by Crippen LogP contribution is 2.83. The molecule has 1 aromatic carbocycles. The average molecular weight is 858 g/mol. The van der Waals surface area contributed by atoms with Gasteiger partial charge in [-0.3, -0.25) is 0 Å². The van der Waals surface area contributed by atoms with E-state index < -0.39 is 131 Å². The van der Waals surface area contributed by atoms with Crippen molar-refractivity contribution in [2.45, 2.75) is 95.1 Å². The van der Waals surface area contributed by atoms with Gasteiger partial charge in [-0.25, -0.2) is 0 Å². The molecule has 4 aliphatic rings. The molecule has 4 heterocycles. The average Bonchev–Trinajstić information content (AvgIpc) is 3.76. The normalized spacial score (nSPS) is 40.3. The maximum atomic E-state index is 14.5. The van der Waals surface area contributed by atoms with E-state index in [1.165, 1.54) is 0 Å². The van der Waals surface area contributed by atoms with Crippen LogP contribution in [0.25, 0.3) is 0 Å². The first-order chi connectivity index (χ1) is 23.5. The van der Waals surface area contributed by atoms with Crippen molar-refractivity contribution in [1.82, 2.24) is 0 Å². The van der Waals surface area contributed by atoms with Crippen molar-refractivity contribution in [3.63, 3.8) is 0 Å². The number of hydrogen-bond acceptors (Lipinski definition) is 6. The van der Waals surface area contributed by atoms with E-state index in [9.17, 15) is 114 Å². The van der Waals surface area contributed by atoms with Gasteiger partial charge in [-0.15, -0.1) is 0 Å². The summed E-state index contributed by atoms with van der Waals surface area (Å²) in [7, 11) is 0. The SMILES string of the molecule is FC(F)(F)C1(F)OC1(C(F)(F)F)C1(C(F)(F)F)OC1(Oc1ccc(OC2(C(F)(F)F)OC2(C(F)(F)F)C2(C(F)(F)F)OC2(F)C(F)(F)F)cc1)C(F)(F)F. The van der Waals surface area contributed by atoms with Crippen molar-refractivity contribution in [3.05, 3.63) is 24.3 Å². The third-order valence-electron chi connectivity index (χ3n) is 8.26. The molecule has 0 spiro atoms. The summed E-state index contributed by atoms with van der Waals surface area (Å²) >= 11 is 0. The highest BCUT2D eigenvalue weighted by molar-refractivity contribution is 5.44. The van der Waals surface area contributed by atoms with Crippen LogP contribution in [0.5, 0.6) is 11.5 Å². The topological polar surface area (TPSA) is 68.6 Å². The zero-order valence-electron chi connectivity index (χ0n) is 23.6. The Labute approximate surface area is 274 Å². The minimum atomic E-state index is -7.44. The lowest BCUT2D eigenvalue weighted by Crippen LogP contribution is -2.66. The number of ether oxygens (including phenoxy) is 6. The highest BCUT2D eigenvalue weighted by Gasteiger charge is 3.17. The van der Waals surface area contributed by atoms with Crippen LogP contribution in [0, 0.1) is 0 Å². The predicted molar refractivity (Wildman–Crippen MR) is 105 cm³/mol. The van der Waals surface area contributed by atoms with E-state index in [0.29, 0.717) is 0 Å². The van der Waals surface area contributed by atoms with E-state index in [-0.39, 0.29) is 0 Å². The molecule has 4 fully saturated rings. The van der Waals surface area contributed by atoms with Gasteiger partial charge in [0, 0.05) is 0 Å². The van der Waals surface area contributed by atoms with Crippen LogP contribution in [0.15, 0.2) is 24.3 Å². The molecule has 32 heteroatoms. The van der Waals surface area contributed by atoms with E-state index in [1.54, 1.807) is 0 Å². The maximum absolute atomic E-state index is 14.5. The molecule has 0 radical (unpaired) electrons. The quantitative estimate of drug-likeness (QED) is 0.211. The Kier molecular flexibility index (Phi) is 7.80. The molecule has 8 atom stereocenters. The standard InChI is InChI=1S/C22H4F26O6/c23-11(19(37,38)39)7(51-11,15(25,26)27)9(17(31,32)33)13(53-9,21(43,44)45)49-5-1-2-6(4-3-5)50-14(22(46,47)48)10(54-14,18(34,35)36)8(16(28,29)30)12(24,52-8)20(40,41)42/h1-4H. The first kappa shape index (κ1) is 42.0. The van der Waals surface area contributed by atoms with Crippen LogP contribution >= 0.6 is 0 Å². The van der Waals surface area contributed by atoms with Crippen LogP contribution < -0.4 is 9.47 Å². The summed E-state index contributed by atoms with van der Waals surface area (Å²) in [5.41, 5.74) is -26.6. The summed E-state index contributed by atoms with van der Waals surface area (Å²) in [5, 5.41) is 0. The van der Waals surface area contributed by atoms with Gasteiger partial charge in [-0.1, -0.05) is 0 Å². The van der Waals surface area contributed by atoms with Gasteiger partial charge in [0.2, 0.25) is 0 Å². The van der Waals surface area contributed by atoms with Crippen molar-refractivity contribution < 1.29 is 143 Å². The summed E-state index contributed by atoms with van der Waals surface area (Å²) in [6.45, 7) is 0. The highest BCUT2D eigenvalue weighted by atomic mass is 19.4. The molecule has 0 bridgehead atoms. The van der Waals surface area contributed by atoms with E-state index in [2.05, 4.69) is 28.4 Å². The summed E-state index contributed by atoms with van der Waals surface area (Å²) in [5.74, 6) is -29.9. The molecule has 54 heavy (non-hydrogen) atoms. The molecule has 310 valence electrons. The van der Waals surface area contributed by atoms with Crippen LogP contribution in [0.2, 0.25) is 0 Å². The lowest BCUT2D eigenvalue weighted by Gasteiger charge is -2.31. The van der Waals surface area contributed by atoms with Crippen molar-refractivity contribution in [2.24, 2.45) is 0 Å². The van der Waals surface area contributed by atoms with Crippen LogP contribution in [-0.4, -0.2) is 95.1 Å². The van der Waals surface area contributed by atoms with Gasteiger partial charge in [0.05, 0.1) is 0 Å². The number of hydrogen-bond donors (Lipinski definition) is 0. The molecule has 6 nitrogen and oxygen atoms in total. The Morgan fingerprint density at radius 1 is 0.315 bits per heavy atom. The second kappa shape index (κ2) is 10.0. The molecule has 1 aromatic rings. The lowest BCUT2D eigenvalue weighted by atomic mass is 9.80. The number of alkyl halides is 26. The third kappa shape index (κ3) is 4.43. The predicted octanol–water partition coefficient (Wildman–Crippen LogP) is 8.74. The summed E-state index contributed by atoms with van der Waals surface area (Å²) < 4.78 is 378. The fourth-order valence-electron chi connectivity index (χ4n) is 5.96. The molecular weight excluding hydrogens is 854 g/mol.